The normalized spacial score (nSPS) is 30.5. The minimum Gasteiger partial charge on any atom is -0.310 e. The van der Waals surface area contributed by atoms with E-state index in [1.165, 1.54) is 80.5 Å². The van der Waals surface area contributed by atoms with Gasteiger partial charge in [0.1, 0.15) is 0 Å². The van der Waals surface area contributed by atoms with Gasteiger partial charge in [0.25, 0.3) is 0 Å². The van der Waals surface area contributed by atoms with Crippen LogP contribution in [0.25, 0.3) is 31.3 Å². The van der Waals surface area contributed by atoms with E-state index in [2.05, 4.69) is 120 Å². The number of thiophene rings is 1. The molecule has 43 heavy (non-hydrogen) atoms. The van der Waals surface area contributed by atoms with Crippen molar-refractivity contribution in [1.82, 2.24) is 0 Å². The van der Waals surface area contributed by atoms with Gasteiger partial charge in [-0.15, -0.1) is 11.3 Å². The van der Waals surface area contributed by atoms with E-state index in [0.29, 0.717) is 5.41 Å². The molecule has 208 valence electrons. The van der Waals surface area contributed by atoms with E-state index < -0.39 is 0 Å². The van der Waals surface area contributed by atoms with Crippen molar-refractivity contribution in [3.8, 4) is 11.1 Å². The molecule has 2 heteroatoms. The SMILES string of the molecule is c1ccc(N(c2ccc3c(c2)-c2ccccc2C32C3CC4CC5CC2(C4)C5C3)c2ccc3sc4ccccc4c3c2)cc1. The second-order valence-electron chi connectivity index (χ2n) is 14.2. The third-order valence-electron chi connectivity index (χ3n) is 12.7. The Bertz CT molecular complexity index is 2120. The molecule has 5 aromatic carbocycles. The highest BCUT2D eigenvalue weighted by Crippen LogP contribution is 2.84. The third kappa shape index (κ3) is 2.72. The van der Waals surface area contributed by atoms with Crippen LogP contribution < -0.4 is 4.90 Å². The van der Waals surface area contributed by atoms with Crippen LogP contribution in [0.15, 0.2) is 115 Å². The first-order chi connectivity index (χ1) is 21.2. The molecule has 5 fully saturated rings. The van der Waals surface area contributed by atoms with Crippen LogP contribution in [0.2, 0.25) is 0 Å². The second-order valence-corrected chi connectivity index (χ2v) is 15.3. The molecule has 0 saturated heterocycles. The lowest BCUT2D eigenvalue weighted by atomic mass is 9.36. The lowest BCUT2D eigenvalue weighted by Gasteiger charge is -2.67. The van der Waals surface area contributed by atoms with Crippen molar-refractivity contribution in [3.05, 3.63) is 126 Å². The average molecular weight is 572 g/mol. The number of hydrogen-bond acceptors (Lipinski definition) is 2. The fourth-order valence-corrected chi connectivity index (χ4v) is 12.7. The van der Waals surface area contributed by atoms with Crippen LogP contribution >= 0.6 is 11.3 Å². The lowest BCUT2D eigenvalue weighted by Crippen LogP contribution is -2.62. The molecule has 4 bridgehead atoms. The molecule has 0 aliphatic heterocycles. The van der Waals surface area contributed by atoms with E-state index in [-0.39, 0.29) is 5.41 Å². The quantitative estimate of drug-likeness (QED) is 0.204. The summed E-state index contributed by atoms with van der Waals surface area (Å²) in [4.78, 5) is 2.48. The average Bonchev–Trinajstić information content (AvgIpc) is 3.56. The van der Waals surface area contributed by atoms with Crippen LogP contribution in [-0.4, -0.2) is 0 Å². The second kappa shape index (κ2) is 7.98. The molecule has 0 N–H and O–H groups in total. The van der Waals surface area contributed by atoms with Crippen LogP contribution in [0.5, 0.6) is 0 Å². The summed E-state index contributed by atoms with van der Waals surface area (Å²) < 4.78 is 2.71. The summed E-state index contributed by atoms with van der Waals surface area (Å²) in [6.45, 7) is 0. The van der Waals surface area contributed by atoms with Crippen molar-refractivity contribution in [3.63, 3.8) is 0 Å². The molecule has 6 aromatic rings. The van der Waals surface area contributed by atoms with Gasteiger partial charge in [0, 0.05) is 42.6 Å². The Morgan fingerprint density at radius 1 is 0.581 bits per heavy atom. The monoisotopic (exact) mass is 571 g/mol. The van der Waals surface area contributed by atoms with Gasteiger partial charge < -0.3 is 4.90 Å². The Morgan fingerprint density at radius 2 is 1.35 bits per heavy atom. The van der Waals surface area contributed by atoms with E-state index in [1.54, 1.807) is 11.1 Å². The number of hydrogen-bond donors (Lipinski definition) is 0. The van der Waals surface area contributed by atoms with Crippen LogP contribution in [0.3, 0.4) is 0 Å². The van der Waals surface area contributed by atoms with Gasteiger partial charge in [-0.1, -0.05) is 66.7 Å². The molecule has 12 rings (SSSR count). The van der Waals surface area contributed by atoms with Gasteiger partial charge in [-0.3, -0.25) is 0 Å². The van der Waals surface area contributed by atoms with Crippen molar-refractivity contribution < 1.29 is 0 Å². The van der Waals surface area contributed by atoms with Crippen molar-refractivity contribution in [2.24, 2.45) is 29.1 Å². The highest BCUT2D eigenvalue weighted by atomic mass is 32.1. The van der Waals surface area contributed by atoms with Crippen LogP contribution in [0, 0.1) is 29.1 Å². The summed E-state index contributed by atoms with van der Waals surface area (Å²) in [6.07, 6.45) is 7.34. The van der Waals surface area contributed by atoms with Gasteiger partial charge in [0.2, 0.25) is 0 Å². The highest BCUT2D eigenvalue weighted by Gasteiger charge is 2.78. The maximum Gasteiger partial charge on any atom is 0.0468 e. The van der Waals surface area contributed by atoms with E-state index in [4.69, 9.17) is 0 Å². The smallest absolute Gasteiger partial charge is 0.0468 e. The fraction of sp³-hybridized carbons (Fsp3) is 0.268. The van der Waals surface area contributed by atoms with Crippen molar-refractivity contribution in [2.45, 2.75) is 37.5 Å². The molecule has 1 heterocycles. The van der Waals surface area contributed by atoms with E-state index in [1.807, 2.05) is 11.3 Å². The topological polar surface area (TPSA) is 3.24 Å². The molecule has 5 saturated carbocycles. The summed E-state index contributed by atoms with van der Waals surface area (Å²) in [5.74, 6) is 3.72. The third-order valence-corrected chi connectivity index (χ3v) is 13.9. The zero-order valence-corrected chi connectivity index (χ0v) is 25.0. The Labute approximate surface area is 256 Å². The van der Waals surface area contributed by atoms with Gasteiger partial charge in [-0.25, -0.2) is 0 Å². The number of anilines is 3. The minimum atomic E-state index is 0.224. The molecule has 6 aliphatic rings. The Balaban J connectivity index is 1.13. The summed E-state index contributed by atoms with van der Waals surface area (Å²) in [5.41, 5.74) is 10.7. The molecule has 0 radical (unpaired) electrons. The first-order valence-corrected chi connectivity index (χ1v) is 17.1. The number of para-hydroxylation sites is 1. The predicted molar refractivity (Wildman–Crippen MR) is 180 cm³/mol. The first kappa shape index (κ1) is 23.6. The molecule has 6 atom stereocenters. The van der Waals surface area contributed by atoms with Crippen LogP contribution in [0.4, 0.5) is 17.1 Å². The van der Waals surface area contributed by atoms with E-state index in [9.17, 15) is 0 Å². The van der Waals surface area contributed by atoms with Gasteiger partial charge in [0.05, 0.1) is 0 Å². The predicted octanol–water partition coefficient (Wildman–Crippen LogP) is 11.2. The number of nitrogens with zero attached hydrogens (tertiary/aromatic N) is 1. The first-order valence-electron chi connectivity index (χ1n) is 16.3. The summed E-state index contributed by atoms with van der Waals surface area (Å²) in [5, 5.41) is 2.69. The molecule has 1 aromatic heterocycles. The molecule has 6 unspecified atom stereocenters. The van der Waals surface area contributed by atoms with Gasteiger partial charge >= 0.3 is 0 Å². The van der Waals surface area contributed by atoms with E-state index in [0.717, 1.165) is 23.7 Å². The molecular weight excluding hydrogens is 539 g/mol. The maximum atomic E-state index is 2.57. The van der Waals surface area contributed by atoms with Crippen molar-refractivity contribution >= 4 is 48.6 Å². The molecule has 2 spiro atoms. The van der Waals surface area contributed by atoms with Gasteiger partial charge in [0.15, 0.2) is 0 Å². The Kier molecular flexibility index (Phi) is 4.37. The van der Waals surface area contributed by atoms with Crippen LogP contribution in [0.1, 0.15) is 43.2 Å². The molecule has 0 amide bonds. The number of rotatable bonds is 3. The summed E-state index contributed by atoms with van der Waals surface area (Å²) in [7, 11) is 0. The Morgan fingerprint density at radius 3 is 2.30 bits per heavy atom. The largest absolute Gasteiger partial charge is 0.310 e. The molecular formula is C41H33NS. The molecule has 6 aliphatic carbocycles. The van der Waals surface area contributed by atoms with Gasteiger partial charge in [-0.2, -0.15) is 0 Å². The van der Waals surface area contributed by atoms with Crippen molar-refractivity contribution in [2.75, 3.05) is 4.90 Å². The number of benzene rings is 5. The van der Waals surface area contributed by atoms with Crippen LogP contribution in [-0.2, 0) is 5.41 Å². The van der Waals surface area contributed by atoms with Gasteiger partial charge in [-0.05, 0) is 132 Å². The minimum absolute atomic E-state index is 0.224. The zero-order valence-electron chi connectivity index (χ0n) is 24.2. The fourth-order valence-electron chi connectivity index (χ4n) is 11.6. The number of fused-ring (bicyclic) bond motifs is 6. The summed E-state index contributed by atoms with van der Waals surface area (Å²) >= 11 is 1.89. The highest BCUT2D eigenvalue weighted by molar-refractivity contribution is 7.25. The zero-order chi connectivity index (χ0) is 27.9. The maximum absolute atomic E-state index is 2.57. The van der Waals surface area contributed by atoms with Crippen molar-refractivity contribution in [1.29, 1.82) is 0 Å². The molecule has 1 nitrogen and oxygen atoms in total. The lowest BCUT2D eigenvalue weighted by molar-refractivity contribution is -0.140. The van der Waals surface area contributed by atoms with E-state index >= 15 is 0 Å². The Hall–Kier alpha value is -3.88. The summed E-state index contributed by atoms with van der Waals surface area (Å²) in [6, 6.07) is 44.0. The standard InChI is InChI=1S/C41H33NS/c1-2-8-28(9-3-1)42(30-15-17-39-34(22-30)32-11-5-7-13-38(32)43-39)29-14-16-36-33(21-29)31-10-4-6-12-35(31)41(36)27-19-25-18-26-24-40(41,23-25)37(26)20-27/h1-17,21-22,25-27,37H,18-20,23-24H2.